The molecule has 0 amide bonds. The van der Waals surface area contributed by atoms with Crippen LogP contribution in [0.1, 0.15) is 44.2 Å². The Hall–Kier alpha value is -1.79. The Morgan fingerprint density at radius 3 is 2.62 bits per heavy atom. The molecule has 21 heavy (non-hydrogen) atoms. The van der Waals surface area contributed by atoms with Gasteiger partial charge >= 0.3 is 0 Å². The number of aromatic nitrogens is 4. The molecular formula is C15H21N5O. The summed E-state index contributed by atoms with van der Waals surface area (Å²) >= 11 is 0. The van der Waals surface area contributed by atoms with E-state index in [1.165, 1.54) is 5.56 Å². The number of nitrogens with zero attached hydrogens (tertiary/aromatic N) is 4. The summed E-state index contributed by atoms with van der Waals surface area (Å²) in [6.07, 6.45) is 5.66. The zero-order chi connectivity index (χ0) is 14.7. The van der Waals surface area contributed by atoms with Crippen molar-refractivity contribution in [2.75, 3.05) is 6.54 Å². The number of hydrogen-bond acceptors (Lipinski definition) is 5. The van der Waals surface area contributed by atoms with Gasteiger partial charge < -0.3 is 10.4 Å². The maximum absolute atomic E-state index is 10.4. The van der Waals surface area contributed by atoms with Crippen molar-refractivity contribution < 1.29 is 5.11 Å². The standard InChI is InChI=1S/C15H21N5O/c1-12(16-10-15(21)8-2-3-9-15)13-4-6-14(7-5-13)20-11-17-18-19-20/h4-7,11-12,16,21H,2-3,8-10H2,1H3. The van der Waals surface area contributed by atoms with E-state index in [4.69, 9.17) is 0 Å². The Kier molecular flexibility index (Phi) is 3.98. The maximum atomic E-state index is 10.4. The van der Waals surface area contributed by atoms with Gasteiger partial charge in [0.15, 0.2) is 0 Å². The minimum atomic E-state index is -0.513. The molecule has 1 heterocycles. The highest BCUT2D eigenvalue weighted by Crippen LogP contribution is 2.29. The third-order valence-corrected chi connectivity index (χ3v) is 4.28. The van der Waals surface area contributed by atoms with E-state index in [1.807, 2.05) is 12.1 Å². The normalized spacial score (nSPS) is 18.8. The molecule has 0 radical (unpaired) electrons. The number of aliphatic hydroxyl groups is 1. The second-order valence-electron chi connectivity index (χ2n) is 5.88. The van der Waals surface area contributed by atoms with Crippen molar-refractivity contribution in [3.8, 4) is 5.69 Å². The van der Waals surface area contributed by atoms with Gasteiger partial charge in [-0.15, -0.1) is 5.10 Å². The van der Waals surface area contributed by atoms with Crippen molar-refractivity contribution in [1.29, 1.82) is 0 Å². The molecule has 1 saturated carbocycles. The molecule has 1 aromatic heterocycles. The van der Waals surface area contributed by atoms with Crippen LogP contribution in [-0.2, 0) is 0 Å². The first kappa shape index (κ1) is 14.2. The summed E-state index contributed by atoms with van der Waals surface area (Å²) in [5.41, 5.74) is 1.61. The van der Waals surface area contributed by atoms with E-state index in [1.54, 1.807) is 11.0 Å². The average Bonchev–Trinajstić information content (AvgIpc) is 3.17. The van der Waals surface area contributed by atoms with Crippen molar-refractivity contribution in [3.05, 3.63) is 36.2 Å². The molecule has 1 fully saturated rings. The summed E-state index contributed by atoms with van der Waals surface area (Å²) in [6.45, 7) is 2.77. The molecular weight excluding hydrogens is 266 g/mol. The van der Waals surface area contributed by atoms with E-state index < -0.39 is 5.60 Å². The van der Waals surface area contributed by atoms with E-state index in [0.29, 0.717) is 6.54 Å². The summed E-state index contributed by atoms with van der Waals surface area (Å²) in [4.78, 5) is 0. The lowest BCUT2D eigenvalue weighted by Gasteiger charge is -2.25. The van der Waals surface area contributed by atoms with Gasteiger partial charge in [-0.25, -0.2) is 4.68 Å². The average molecular weight is 287 g/mol. The lowest BCUT2D eigenvalue weighted by molar-refractivity contribution is 0.0453. The third kappa shape index (κ3) is 3.28. The van der Waals surface area contributed by atoms with E-state index in [0.717, 1.165) is 31.4 Å². The Bertz CT molecular complexity index is 560. The van der Waals surface area contributed by atoms with Crippen LogP contribution in [0.3, 0.4) is 0 Å². The minimum Gasteiger partial charge on any atom is -0.389 e. The van der Waals surface area contributed by atoms with Crippen LogP contribution in [0.2, 0.25) is 0 Å². The van der Waals surface area contributed by atoms with Gasteiger partial charge in [0.25, 0.3) is 0 Å². The SMILES string of the molecule is CC(NCC1(O)CCCC1)c1ccc(-n2cnnn2)cc1. The van der Waals surface area contributed by atoms with Crippen LogP contribution in [0.5, 0.6) is 0 Å². The number of hydrogen-bond donors (Lipinski definition) is 2. The highest BCUT2D eigenvalue weighted by molar-refractivity contribution is 5.34. The first-order valence-corrected chi connectivity index (χ1v) is 7.45. The molecule has 6 nitrogen and oxygen atoms in total. The molecule has 6 heteroatoms. The van der Waals surface area contributed by atoms with Gasteiger partial charge in [0.05, 0.1) is 11.3 Å². The minimum absolute atomic E-state index is 0.206. The molecule has 0 spiro atoms. The first-order chi connectivity index (χ1) is 10.2. The molecule has 1 aliphatic carbocycles. The zero-order valence-corrected chi connectivity index (χ0v) is 12.2. The Morgan fingerprint density at radius 1 is 1.29 bits per heavy atom. The van der Waals surface area contributed by atoms with Crippen LogP contribution in [0.15, 0.2) is 30.6 Å². The van der Waals surface area contributed by atoms with E-state index >= 15 is 0 Å². The molecule has 0 saturated heterocycles. The van der Waals surface area contributed by atoms with Crippen LogP contribution in [-0.4, -0.2) is 37.5 Å². The fourth-order valence-corrected chi connectivity index (χ4v) is 2.87. The molecule has 2 aromatic rings. The maximum Gasteiger partial charge on any atom is 0.143 e. The van der Waals surface area contributed by atoms with Crippen LogP contribution in [0.4, 0.5) is 0 Å². The fraction of sp³-hybridized carbons (Fsp3) is 0.533. The van der Waals surface area contributed by atoms with E-state index in [9.17, 15) is 5.11 Å². The molecule has 0 bridgehead atoms. The van der Waals surface area contributed by atoms with Gasteiger partial charge in [-0.1, -0.05) is 25.0 Å². The Labute approximate surface area is 124 Å². The molecule has 1 atom stereocenters. The Morgan fingerprint density at radius 2 is 2.00 bits per heavy atom. The third-order valence-electron chi connectivity index (χ3n) is 4.28. The van der Waals surface area contributed by atoms with Gasteiger partial charge in [-0.2, -0.15) is 0 Å². The number of tetrazole rings is 1. The first-order valence-electron chi connectivity index (χ1n) is 7.45. The van der Waals surface area contributed by atoms with Gasteiger partial charge in [0.1, 0.15) is 6.33 Å². The topological polar surface area (TPSA) is 75.9 Å². The molecule has 1 unspecified atom stereocenters. The van der Waals surface area contributed by atoms with E-state index in [2.05, 4.69) is 39.9 Å². The summed E-state index contributed by atoms with van der Waals surface area (Å²) in [6, 6.07) is 8.32. The van der Waals surface area contributed by atoms with Crippen molar-refractivity contribution in [2.24, 2.45) is 0 Å². The monoisotopic (exact) mass is 287 g/mol. The number of nitrogens with one attached hydrogen (secondary N) is 1. The summed E-state index contributed by atoms with van der Waals surface area (Å²) in [5.74, 6) is 0. The molecule has 1 aromatic carbocycles. The fourth-order valence-electron chi connectivity index (χ4n) is 2.87. The Balaban J connectivity index is 1.61. The van der Waals surface area contributed by atoms with Crippen molar-refractivity contribution in [2.45, 2.75) is 44.2 Å². The number of rotatable bonds is 5. The molecule has 3 rings (SSSR count). The van der Waals surface area contributed by atoms with Gasteiger partial charge in [-0.05, 0) is 47.9 Å². The smallest absolute Gasteiger partial charge is 0.143 e. The van der Waals surface area contributed by atoms with Crippen LogP contribution in [0, 0.1) is 0 Å². The lowest BCUT2D eigenvalue weighted by atomic mass is 10.0. The summed E-state index contributed by atoms with van der Waals surface area (Å²) in [5, 5.41) is 24.9. The predicted molar refractivity (Wildman–Crippen MR) is 79.0 cm³/mol. The van der Waals surface area contributed by atoms with Gasteiger partial charge in [-0.3, -0.25) is 0 Å². The van der Waals surface area contributed by atoms with Crippen molar-refractivity contribution in [1.82, 2.24) is 25.5 Å². The van der Waals surface area contributed by atoms with Crippen molar-refractivity contribution in [3.63, 3.8) is 0 Å². The highest BCUT2D eigenvalue weighted by Gasteiger charge is 2.30. The van der Waals surface area contributed by atoms with Crippen LogP contribution in [0.25, 0.3) is 5.69 Å². The molecule has 0 aliphatic heterocycles. The zero-order valence-electron chi connectivity index (χ0n) is 12.2. The summed E-state index contributed by atoms with van der Waals surface area (Å²) < 4.78 is 1.63. The largest absolute Gasteiger partial charge is 0.389 e. The van der Waals surface area contributed by atoms with Crippen molar-refractivity contribution >= 4 is 0 Å². The van der Waals surface area contributed by atoms with Crippen LogP contribution < -0.4 is 5.32 Å². The quantitative estimate of drug-likeness (QED) is 0.874. The van der Waals surface area contributed by atoms with Gasteiger partial charge in [0, 0.05) is 12.6 Å². The molecule has 1 aliphatic rings. The van der Waals surface area contributed by atoms with E-state index in [-0.39, 0.29) is 6.04 Å². The molecule has 2 N–H and O–H groups in total. The summed E-state index contributed by atoms with van der Waals surface area (Å²) in [7, 11) is 0. The molecule has 112 valence electrons. The number of benzene rings is 1. The van der Waals surface area contributed by atoms with Crippen LogP contribution >= 0.6 is 0 Å². The van der Waals surface area contributed by atoms with Gasteiger partial charge in [0.2, 0.25) is 0 Å². The second-order valence-corrected chi connectivity index (χ2v) is 5.88. The predicted octanol–water partition coefficient (Wildman–Crippen LogP) is 1.62. The lowest BCUT2D eigenvalue weighted by Crippen LogP contribution is -2.39. The second kappa shape index (κ2) is 5.91. The highest BCUT2D eigenvalue weighted by atomic mass is 16.3.